The van der Waals surface area contributed by atoms with Crippen molar-refractivity contribution in [3.8, 4) is 0 Å². The molecular weight excluding hydrogens is 309 g/mol. The number of hydrogen-bond acceptors (Lipinski definition) is 3. The standard InChI is InChI=1S/C12H13Cl2NO3S/c1-8-2-4-10(5-3-8)19(17,18)15-7-9(6-13)11(14)12(15)16/h2-5,9,11H,6-7H2,1H3/t9?,11-/m0/s1. The van der Waals surface area contributed by atoms with Gasteiger partial charge in [-0.05, 0) is 19.1 Å². The summed E-state index contributed by atoms with van der Waals surface area (Å²) >= 11 is 11.6. The molecular formula is C12H13Cl2NO3S. The van der Waals surface area contributed by atoms with Gasteiger partial charge in [0.15, 0.2) is 0 Å². The van der Waals surface area contributed by atoms with Gasteiger partial charge in [-0.2, -0.15) is 0 Å². The monoisotopic (exact) mass is 321 g/mol. The van der Waals surface area contributed by atoms with Gasteiger partial charge in [0.05, 0.1) is 4.90 Å². The van der Waals surface area contributed by atoms with Gasteiger partial charge in [-0.25, -0.2) is 12.7 Å². The van der Waals surface area contributed by atoms with Gasteiger partial charge in [0, 0.05) is 18.3 Å². The van der Waals surface area contributed by atoms with Crippen molar-refractivity contribution < 1.29 is 13.2 Å². The van der Waals surface area contributed by atoms with Crippen LogP contribution in [0.3, 0.4) is 0 Å². The molecule has 2 atom stereocenters. The van der Waals surface area contributed by atoms with Crippen LogP contribution in [-0.2, 0) is 14.8 Å². The Hall–Kier alpha value is -0.780. The number of aryl methyl sites for hydroxylation is 1. The third kappa shape index (κ3) is 2.59. The molecule has 0 bridgehead atoms. The third-order valence-electron chi connectivity index (χ3n) is 3.10. The fourth-order valence-corrected chi connectivity index (χ4v) is 4.10. The molecule has 0 N–H and O–H groups in total. The summed E-state index contributed by atoms with van der Waals surface area (Å²) in [5.74, 6) is -0.802. The van der Waals surface area contributed by atoms with Gasteiger partial charge < -0.3 is 0 Å². The van der Waals surface area contributed by atoms with Crippen molar-refractivity contribution in [3.63, 3.8) is 0 Å². The normalized spacial score (nSPS) is 23.9. The average molecular weight is 322 g/mol. The van der Waals surface area contributed by atoms with E-state index in [2.05, 4.69) is 0 Å². The zero-order chi connectivity index (χ0) is 14.2. The molecule has 1 aliphatic heterocycles. The first kappa shape index (κ1) is 14.6. The average Bonchev–Trinajstić information content (AvgIpc) is 2.67. The van der Waals surface area contributed by atoms with E-state index in [0.717, 1.165) is 9.87 Å². The molecule has 1 saturated heterocycles. The molecule has 7 heteroatoms. The Morgan fingerprint density at radius 2 is 1.89 bits per heavy atom. The summed E-state index contributed by atoms with van der Waals surface area (Å²) in [7, 11) is -3.84. The minimum absolute atomic E-state index is 0.0344. The molecule has 1 amide bonds. The molecule has 1 unspecified atom stereocenters. The fourth-order valence-electron chi connectivity index (χ4n) is 1.92. The topological polar surface area (TPSA) is 54.5 Å². The number of alkyl halides is 2. The van der Waals surface area contributed by atoms with Crippen LogP contribution in [0, 0.1) is 12.8 Å². The second-order valence-electron chi connectivity index (χ2n) is 4.50. The van der Waals surface area contributed by atoms with E-state index in [-0.39, 0.29) is 23.2 Å². The van der Waals surface area contributed by atoms with Gasteiger partial charge in [-0.15, -0.1) is 23.2 Å². The molecule has 4 nitrogen and oxygen atoms in total. The summed E-state index contributed by atoms with van der Waals surface area (Å²) < 4.78 is 25.6. The molecule has 1 aromatic carbocycles. The number of benzene rings is 1. The highest BCUT2D eigenvalue weighted by atomic mass is 35.5. The lowest BCUT2D eigenvalue weighted by Crippen LogP contribution is -2.34. The third-order valence-corrected chi connectivity index (χ3v) is 5.82. The van der Waals surface area contributed by atoms with E-state index in [0.29, 0.717) is 0 Å². The summed E-state index contributed by atoms with van der Waals surface area (Å²) in [5, 5.41) is -0.877. The lowest BCUT2D eigenvalue weighted by Gasteiger charge is -2.16. The maximum atomic E-state index is 12.4. The van der Waals surface area contributed by atoms with E-state index >= 15 is 0 Å². The minimum atomic E-state index is -3.84. The van der Waals surface area contributed by atoms with Crippen molar-refractivity contribution in [2.75, 3.05) is 12.4 Å². The van der Waals surface area contributed by atoms with Crippen LogP contribution in [0.5, 0.6) is 0 Å². The predicted molar refractivity (Wildman–Crippen MR) is 73.9 cm³/mol. The van der Waals surface area contributed by atoms with Crippen LogP contribution in [0.4, 0.5) is 0 Å². The maximum Gasteiger partial charge on any atom is 0.266 e. The van der Waals surface area contributed by atoms with Gasteiger partial charge in [0.1, 0.15) is 5.38 Å². The molecule has 0 saturated carbocycles. The summed E-state index contributed by atoms with van der Waals surface area (Å²) in [5.41, 5.74) is 0.945. The Kier molecular flexibility index (Phi) is 4.08. The quantitative estimate of drug-likeness (QED) is 0.800. The predicted octanol–water partition coefficient (Wildman–Crippen LogP) is 1.99. The number of nitrogens with zero attached hydrogens (tertiary/aromatic N) is 1. The first-order valence-electron chi connectivity index (χ1n) is 5.71. The van der Waals surface area contributed by atoms with Crippen molar-refractivity contribution >= 4 is 39.1 Å². The molecule has 0 aromatic heterocycles. The molecule has 104 valence electrons. The Morgan fingerprint density at radius 3 is 2.37 bits per heavy atom. The summed E-state index contributed by atoms with van der Waals surface area (Å²) in [6, 6.07) is 6.33. The van der Waals surface area contributed by atoms with Crippen LogP contribution in [0.2, 0.25) is 0 Å². The van der Waals surface area contributed by atoms with Gasteiger partial charge in [-0.1, -0.05) is 17.7 Å². The second kappa shape index (κ2) is 5.31. The van der Waals surface area contributed by atoms with E-state index < -0.39 is 21.3 Å². The minimum Gasteiger partial charge on any atom is -0.272 e. The summed E-state index contributed by atoms with van der Waals surface area (Å²) in [6.07, 6.45) is 0. The Morgan fingerprint density at radius 1 is 1.32 bits per heavy atom. The zero-order valence-corrected chi connectivity index (χ0v) is 12.5. The number of sulfonamides is 1. The van der Waals surface area contributed by atoms with E-state index in [9.17, 15) is 13.2 Å². The van der Waals surface area contributed by atoms with Crippen molar-refractivity contribution in [2.45, 2.75) is 17.2 Å². The van der Waals surface area contributed by atoms with Crippen LogP contribution in [0.15, 0.2) is 29.2 Å². The number of carbonyl (C=O) groups is 1. The molecule has 0 spiro atoms. The lowest BCUT2D eigenvalue weighted by atomic mass is 10.1. The highest BCUT2D eigenvalue weighted by molar-refractivity contribution is 7.89. The number of carbonyl (C=O) groups excluding carboxylic acids is 1. The number of amides is 1. The molecule has 1 aliphatic rings. The van der Waals surface area contributed by atoms with Crippen molar-refractivity contribution in [1.29, 1.82) is 0 Å². The SMILES string of the molecule is Cc1ccc(S(=O)(=O)N2CC(CCl)[C@H](Cl)C2=O)cc1. The molecule has 0 aliphatic carbocycles. The first-order chi connectivity index (χ1) is 8.87. The van der Waals surface area contributed by atoms with E-state index in [1.54, 1.807) is 12.1 Å². The fraction of sp³-hybridized carbons (Fsp3) is 0.417. The van der Waals surface area contributed by atoms with Crippen molar-refractivity contribution in [3.05, 3.63) is 29.8 Å². The van der Waals surface area contributed by atoms with Crippen LogP contribution in [-0.4, -0.2) is 36.4 Å². The van der Waals surface area contributed by atoms with Gasteiger partial charge in [0.25, 0.3) is 15.9 Å². The van der Waals surface area contributed by atoms with Crippen LogP contribution in [0.25, 0.3) is 0 Å². The molecule has 19 heavy (non-hydrogen) atoms. The Bertz CT molecular complexity index is 585. The second-order valence-corrected chi connectivity index (χ2v) is 7.14. The van der Waals surface area contributed by atoms with Crippen molar-refractivity contribution in [2.24, 2.45) is 5.92 Å². The molecule has 1 fully saturated rings. The number of hydrogen-bond donors (Lipinski definition) is 0. The lowest BCUT2D eigenvalue weighted by molar-refractivity contribution is -0.123. The molecule has 1 aromatic rings. The Labute approximate surface area is 122 Å². The summed E-state index contributed by atoms with van der Waals surface area (Å²) in [4.78, 5) is 12.0. The zero-order valence-electron chi connectivity index (χ0n) is 10.2. The number of rotatable bonds is 3. The molecule has 1 heterocycles. The van der Waals surface area contributed by atoms with Crippen LogP contribution in [0.1, 0.15) is 5.56 Å². The first-order valence-corrected chi connectivity index (χ1v) is 8.12. The van der Waals surface area contributed by atoms with E-state index in [4.69, 9.17) is 23.2 Å². The van der Waals surface area contributed by atoms with E-state index in [1.165, 1.54) is 12.1 Å². The van der Waals surface area contributed by atoms with E-state index in [1.807, 2.05) is 6.92 Å². The highest BCUT2D eigenvalue weighted by Gasteiger charge is 2.44. The van der Waals surface area contributed by atoms with Crippen LogP contribution >= 0.6 is 23.2 Å². The summed E-state index contributed by atoms with van der Waals surface area (Å²) in [6.45, 7) is 1.89. The largest absolute Gasteiger partial charge is 0.272 e. The highest BCUT2D eigenvalue weighted by Crippen LogP contribution is 2.29. The Balaban J connectivity index is 2.36. The molecule has 2 rings (SSSR count). The molecule has 0 radical (unpaired) electrons. The van der Waals surface area contributed by atoms with Crippen LogP contribution < -0.4 is 0 Å². The van der Waals surface area contributed by atoms with Gasteiger partial charge >= 0.3 is 0 Å². The van der Waals surface area contributed by atoms with Gasteiger partial charge in [-0.3, -0.25) is 4.79 Å². The number of halogens is 2. The van der Waals surface area contributed by atoms with Crippen molar-refractivity contribution in [1.82, 2.24) is 4.31 Å². The maximum absolute atomic E-state index is 12.4. The smallest absolute Gasteiger partial charge is 0.266 e. The van der Waals surface area contributed by atoms with Gasteiger partial charge in [0.2, 0.25) is 0 Å².